The van der Waals surface area contributed by atoms with E-state index >= 15 is 0 Å². The molecule has 0 spiro atoms. The molecule has 0 unspecified atom stereocenters. The fourth-order valence-electron chi connectivity index (χ4n) is 3.46. The minimum atomic E-state index is 0.497. The molecule has 0 bridgehead atoms. The summed E-state index contributed by atoms with van der Waals surface area (Å²) in [5, 5.41) is 11.5. The molecule has 5 rings (SSSR count). The summed E-state index contributed by atoms with van der Waals surface area (Å²) in [6.07, 6.45) is 3.97. The maximum Gasteiger partial charge on any atom is 0.179 e. The third-order valence-corrected chi connectivity index (χ3v) is 5.02. The Labute approximate surface area is 162 Å². The van der Waals surface area contributed by atoms with Crippen LogP contribution in [0.15, 0.2) is 30.5 Å². The maximum absolute atomic E-state index is 6.16. The highest BCUT2D eigenvalue weighted by Gasteiger charge is 2.23. The van der Waals surface area contributed by atoms with Gasteiger partial charge in [0, 0.05) is 42.3 Å². The van der Waals surface area contributed by atoms with Gasteiger partial charge in [0.2, 0.25) is 0 Å². The molecule has 6 N–H and O–H groups in total. The summed E-state index contributed by atoms with van der Waals surface area (Å²) in [6.45, 7) is 3.17. The Morgan fingerprint density at radius 3 is 2.68 bits per heavy atom. The van der Waals surface area contributed by atoms with Gasteiger partial charge < -0.3 is 31.7 Å². The number of aromatic nitrogens is 3. The first kappa shape index (κ1) is 16.9. The lowest BCUT2D eigenvalue weighted by molar-refractivity contribution is 0.122. The van der Waals surface area contributed by atoms with Crippen LogP contribution in [0.1, 0.15) is 12.8 Å². The van der Waals surface area contributed by atoms with E-state index in [-0.39, 0.29) is 0 Å². The van der Waals surface area contributed by atoms with Crippen molar-refractivity contribution < 1.29 is 4.74 Å². The first-order valence-corrected chi connectivity index (χ1v) is 9.57. The van der Waals surface area contributed by atoms with Crippen molar-refractivity contribution in [2.45, 2.75) is 18.9 Å². The maximum atomic E-state index is 6.16. The molecule has 28 heavy (non-hydrogen) atoms. The SMILES string of the molecule is Nc1cc(Nc2cc(NC3CC3)c3ncc(N)n3n2)cc(N2CCOCC2)c1. The fourth-order valence-corrected chi connectivity index (χ4v) is 3.46. The van der Waals surface area contributed by atoms with Gasteiger partial charge in [-0.1, -0.05) is 0 Å². The van der Waals surface area contributed by atoms with Crippen LogP contribution in [0.4, 0.5) is 34.4 Å². The highest BCUT2D eigenvalue weighted by molar-refractivity contribution is 5.76. The lowest BCUT2D eigenvalue weighted by Crippen LogP contribution is -2.36. The van der Waals surface area contributed by atoms with E-state index in [2.05, 4.69) is 31.7 Å². The molecule has 2 aromatic heterocycles. The molecule has 1 saturated heterocycles. The first-order valence-electron chi connectivity index (χ1n) is 9.57. The summed E-state index contributed by atoms with van der Waals surface area (Å²) in [4.78, 5) is 6.66. The quantitative estimate of drug-likeness (QED) is 0.497. The molecule has 1 aromatic carbocycles. The molecule has 9 heteroatoms. The number of ether oxygens (including phenoxy) is 1. The minimum absolute atomic E-state index is 0.497. The summed E-state index contributed by atoms with van der Waals surface area (Å²) < 4.78 is 7.10. The molecular formula is C19H24N8O. The summed E-state index contributed by atoms with van der Waals surface area (Å²) in [5.74, 6) is 1.18. The molecule has 1 aliphatic heterocycles. The predicted molar refractivity (Wildman–Crippen MR) is 111 cm³/mol. The second kappa shape index (κ2) is 6.75. The van der Waals surface area contributed by atoms with E-state index in [4.69, 9.17) is 16.2 Å². The Bertz CT molecular complexity index is 1010. The Morgan fingerprint density at radius 1 is 1.07 bits per heavy atom. The van der Waals surface area contributed by atoms with Gasteiger partial charge in [0.25, 0.3) is 0 Å². The normalized spacial score (nSPS) is 17.1. The minimum Gasteiger partial charge on any atom is -0.399 e. The zero-order chi connectivity index (χ0) is 19.1. The summed E-state index contributed by atoms with van der Waals surface area (Å²) in [6, 6.07) is 8.44. The van der Waals surface area contributed by atoms with Gasteiger partial charge in [-0.2, -0.15) is 4.52 Å². The highest BCUT2D eigenvalue weighted by atomic mass is 16.5. The van der Waals surface area contributed by atoms with Crippen molar-refractivity contribution in [3.05, 3.63) is 30.5 Å². The van der Waals surface area contributed by atoms with E-state index in [1.54, 1.807) is 10.7 Å². The van der Waals surface area contributed by atoms with E-state index in [0.717, 1.165) is 49.0 Å². The molecule has 3 aromatic rings. The van der Waals surface area contributed by atoms with Crippen molar-refractivity contribution in [2.75, 3.05) is 53.3 Å². The van der Waals surface area contributed by atoms with E-state index in [0.29, 0.717) is 23.4 Å². The van der Waals surface area contributed by atoms with Gasteiger partial charge in [0.1, 0.15) is 5.82 Å². The van der Waals surface area contributed by atoms with Gasteiger partial charge in [0.05, 0.1) is 25.1 Å². The first-order chi connectivity index (χ1) is 13.7. The number of nitrogens with zero attached hydrogens (tertiary/aromatic N) is 4. The van der Waals surface area contributed by atoms with Crippen LogP contribution < -0.4 is 27.0 Å². The molecule has 0 amide bonds. The molecule has 1 saturated carbocycles. The molecule has 1 aliphatic carbocycles. The van der Waals surface area contributed by atoms with E-state index in [1.807, 2.05) is 18.2 Å². The number of benzene rings is 1. The molecule has 2 aliphatic rings. The molecule has 0 radical (unpaired) electrons. The van der Waals surface area contributed by atoms with Gasteiger partial charge >= 0.3 is 0 Å². The van der Waals surface area contributed by atoms with Gasteiger partial charge in [0.15, 0.2) is 11.5 Å². The van der Waals surface area contributed by atoms with Gasteiger partial charge in [-0.3, -0.25) is 0 Å². The van der Waals surface area contributed by atoms with Crippen LogP contribution >= 0.6 is 0 Å². The van der Waals surface area contributed by atoms with Crippen LogP contribution in [0.25, 0.3) is 5.65 Å². The number of nitrogen functional groups attached to an aromatic ring is 2. The molecule has 0 atom stereocenters. The Kier molecular flexibility index (Phi) is 4.09. The molecular weight excluding hydrogens is 356 g/mol. The van der Waals surface area contributed by atoms with Crippen LogP contribution in [0.5, 0.6) is 0 Å². The average Bonchev–Trinajstić information content (AvgIpc) is 3.43. The van der Waals surface area contributed by atoms with Crippen molar-refractivity contribution in [2.24, 2.45) is 0 Å². The number of nitrogens with one attached hydrogen (secondary N) is 2. The second-order valence-corrected chi connectivity index (χ2v) is 7.32. The van der Waals surface area contributed by atoms with Crippen molar-refractivity contribution >= 4 is 40.0 Å². The third-order valence-electron chi connectivity index (χ3n) is 5.02. The molecule has 9 nitrogen and oxygen atoms in total. The average molecular weight is 380 g/mol. The number of fused-ring (bicyclic) bond motifs is 1. The number of hydrogen-bond acceptors (Lipinski definition) is 8. The van der Waals surface area contributed by atoms with Crippen molar-refractivity contribution in [3.63, 3.8) is 0 Å². The number of hydrogen-bond donors (Lipinski definition) is 4. The van der Waals surface area contributed by atoms with Crippen LogP contribution in [0.2, 0.25) is 0 Å². The Morgan fingerprint density at radius 2 is 1.89 bits per heavy atom. The monoisotopic (exact) mass is 380 g/mol. The van der Waals surface area contributed by atoms with Crippen LogP contribution in [-0.4, -0.2) is 46.9 Å². The standard InChI is InChI=1S/C19H24N8O/c20-12-7-14(9-15(8-12)26-3-5-28-6-4-26)24-18-10-16(23-13-1-2-13)19-22-11-17(21)27(19)25-18/h7-11,13,23H,1-6,20-21H2,(H,24,25). The second-order valence-electron chi connectivity index (χ2n) is 7.32. The van der Waals surface area contributed by atoms with Crippen molar-refractivity contribution in [1.29, 1.82) is 0 Å². The topological polar surface area (TPSA) is 119 Å². The number of nitrogens with two attached hydrogens (primary N) is 2. The Hall–Kier alpha value is -3.20. The van der Waals surface area contributed by atoms with Crippen LogP contribution in [0, 0.1) is 0 Å². The van der Waals surface area contributed by atoms with Crippen molar-refractivity contribution in [1.82, 2.24) is 14.6 Å². The van der Waals surface area contributed by atoms with Gasteiger partial charge in [-0.05, 0) is 31.0 Å². The summed E-state index contributed by atoms with van der Waals surface area (Å²) in [7, 11) is 0. The van der Waals surface area contributed by atoms with Crippen molar-refractivity contribution in [3.8, 4) is 0 Å². The van der Waals surface area contributed by atoms with Crippen LogP contribution in [0.3, 0.4) is 0 Å². The lowest BCUT2D eigenvalue weighted by atomic mass is 10.2. The number of morpholine rings is 1. The van der Waals surface area contributed by atoms with Gasteiger partial charge in [-0.15, -0.1) is 5.10 Å². The summed E-state index contributed by atoms with van der Waals surface area (Å²) in [5.41, 5.74) is 16.5. The smallest absolute Gasteiger partial charge is 0.179 e. The van der Waals surface area contributed by atoms with Crippen LogP contribution in [-0.2, 0) is 4.74 Å². The van der Waals surface area contributed by atoms with E-state index in [1.165, 1.54) is 12.8 Å². The third kappa shape index (κ3) is 3.36. The lowest BCUT2D eigenvalue weighted by Gasteiger charge is -2.29. The molecule has 146 valence electrons. The van der Waals surface area contributed by atoms with E-state index in [9.17, 15) is 0 Å². The number of anilines is 6. The number of imidazole rings is 1. The molecule has 3 heterocycles. The largest absolute Gasteiger partial charge is 0.399 e. The summed E-state index contributed by atoms with van der Waals surface area (Å²) >= 11 is 0. The predicted octanol–water partition coefficient (Wildman–Crippen LogP) is 2.05. The number of rotatable bonds is 5. The van der Waals surface area contributed by atoms with Gasteiger partial charge in [-0.25, -0.2) is 4.98 Å². The molecule has 2 fully saturated rings. The zero-order valence-electron chi connectivity index (χ0n) is 15.6. The Balaban J connectivity index is 1.47. The van der Waals surface area contributed by atoms with E-state index < -0.39 is 0 Å². The zero-order valence-corrected chi connectivity index (χ0v) is 15.6. The highest BCUT2D eigenvalue weighted by Crippen LogP contribution is 2.31. The fraction of sp³-hybridized carbons (Fsp3) is 0.368.